The lowest BCUT2D eigenvalue weighted by molar-refractivity contribution is 0.102. The van der Waals surface area contributed by atoms with Gasteiger partial charge in [0.15, 0.2) is 0 Å². The summed E-state index contributed by atoms with van der Waals surface area (Å²) in [6, 6.07) is 12.0. The van der Waals surface area contributed by atoms with Crippen LogP contribution in [0.25, 0.3) is 11.5 Å². The summed E-state index contributed by atoms with van der Waals surface area (Å²) in [4.78, 5) is 27.4. The maximum atomic E-state index is 12.5. The molecule has 2 N–H and O–H groups in total. The second-order valence-corrected chi connectivity index (χ2v) is 5.87. The van der Waals surface area contributed by atoms with Gasteiger partial charge in [0.2, 0.25) is 0 Å². The molecule has 6 heteroatoms. The molecule has 0 saturated carbocycles. The highest BCUT2D eigenvalue weighted by molar-refractivity contribution is 6.04. The van der Waals surface area contributed by atoms with Crippen LogP contribution in [0.2, 0.25) is 0 Å². The minimum Gasteiger partial charge on any atom is -0.494 e. The molecule has 3 rings (SSSR count). The number of aromatic amines is 1. The van der Waals surface area contributed by atoms with Crippen molar-refractivity contribution < 1.29 is 13.9 Å². The van der Waals surface area contributed by atoms with Crippen molar-refractivity contribution in [2.75, 3.05) is 11.9 Å². The Morgan fingerprint density at radius 2 is 2.08 bits per heavy atom. The van der Waals surface area contributed by atoms with Gasteiger partial charge in [-0.15, -0.1) is 0 Å². The van der Waals surface area contributed by atoms with E-state index >= 15 is 0 Å². The zero-order valence-corrected chi connectivity index (χ0v) is 14.7. The van der Waals surface area contributed by atoms with Crippen LogP contribution in [0.5, 0.6) is 5.75 Å². The SMILES string of the molecule is CCCOc1ccc(NC(=O)c2ccc(-c3ccco3)[nH]c2=O)c(C)c1. The fraction of sp³-hybridized carbons (Fsp3) is 0.200. The maximum absolute atomic E-state index is 12.5. The minimum absolute atomic E-state index is 0.0333. The molecule has 1 amide bonds. The molecule has 0 saturated heterocycles. The van der Waals surface area contributed by atoms with Gasteiger partial charge in [0.25, 0.3) is 11.5 Å². The second kappa shape index (κ2) is 7.74. The summed E-state index contributed by atoms with van der Waals surface area (Å²) in [6.45, 7) is 4.55. The predicted molar refractivity (Wildman–Crippen MR) is 99.7 cm³/mol. The molecule has 0 atom stereocenters. The van der Waals surface area contributed by atoms with Crippen LogP contribution < -0.4 is 15.6 Å². The monoisotopic (exact) mass is 352 g/mol. The molecule has 0 fully saturated rings. The molecule has 0 unspecified atom stereocenters. The van der Waals surface area contributed by atoms with Gasteiger partial charge in [0.05, 0.1) is 18.6 Å². The summed E-state index contributed by atoms with van der Waals surface area (Å²) in [5, 5.41) is 2.77. The van der Waals surface area contributed by atoms with Crippen molar-refractivity contribution >= 4 is 11.6 Å². The molecule has 26 heavy (non-hydrogen) atoms. The summed E-state index contributed by atoms with van der Waals surface area (Å²) in [7, 11) is 0. The number of pyridine rings is 1. The molecule has 0 aliphatic rings. The lowest BCUT2D eigenvalue weighted by Crippen LogP contribution is -2.23. The lowest BCUT2D eigenvalue weighted by atomic mass is 10.1. The van der Waals surface area contributed by atoms with Gasteiger partial charge in [-0.05, 0) is 61.4 Å². The first-order valence-corrected chi connectivity index (χ1v) is 8.40. The van der Waals surface area contributed by atoms with E-state index in [0.29, 0.717) is 23.7 Å². The molecule has 1 aromatic carbocycles. The molecule has 6 nitrogen and oxygen atoms in total. The van der Waals surface area contributed by atoms with Gasteiger partial charge >= 0.3 is 0 Å². The third kappa shape index (κ3) is 3.85. The summed E-state index contributed by atoms with van der Waals surface area (Å²) in [5.74, 6) is 0.818. The van der Waals surface area contributed by atoms with E-state index in [-0.39, 0.29) is 5.56 Å². The molecule has 2 aromatic heterocycles. The summed E-state index contributed by atoms with van der Waals surface area (Å²) < 4.78 is 10.8. The van der Waals surface area contributed by atoms with Crippen LogP contribution in [0.15, 0.2) is 57.9 Å². The van der Waals surface area contributed by atoms with E-state index in [1.54, 1.807) is 30.3 Å². The standard InChI is InChI=1S/C20H20N2O4/c1-3-10-25-14-6-8-16(13(2)12-14)21-19(23)15-7-9-17(22-20(15)24)18-5-4-11-26-18/h4-9,11-12H,3,10H2,1-2H3,(H,21,23)(H,22,24). The number of H-pyrrole nitrogens is 1. The Balaban J connectivity index is 1.77. The number of hydrogen-bond acceptors (Lipinski definition) is 4. The summed E-state index contributed by atoms with van der Waals surface area (Å²) in [6.07, 6.45) is 2.44. The third-order valence-electron chi connectivity index (χ3n) is 3.86. The van der Waals surface area contributed by atoms with E-state index in [2.05, 4.69) is 10.3 Å². The zero-order chi connectivity index (χ0) is 18.5. The number of benzene rings is 1. The van der Waals surface area contributed by atoms with Crippen molar-refractivity contribution in [3.05, 3.63) is 70.2 Å². The number of furan rings is 1. The molecule has 134 valence electrons. The van der Waals surface area contributed by atoms with E-state index in [1.165, 1.54) is 12.3 Å². The highest BCUT2D eigenvalue weighted by atomic mass is 16.5. The first-order chi connectivity index (χ1) is 12.6. The van der Waals surface area contributed by atoms with Crippen molar-refractivity contribution in [3.63, 3.8) is 0 Å². The fourth-order valence-electron chi connectivity index (χ4n) is 2.50. The average molecular weight is 352 g/mol. The van der Waals surface area contributed by atoms with E-state index in [9.17, 15) is 9.59 Å². The Morgan fingerprint density at radius 1 is 1.23 bits per heavy atom. The average Bonchev–Trinajstić information content (AvgIpc) is 3.16. The van der Waals surface area contributed by atoms with Crippen molar-refractivity contribution in [2.24, 2.45) is 0 Å². The summed E-state index contributed by atoms with van der Waals surface area (Å²) >= 11 is 0. The number of hydrogen-bond donors (Lipinski definition) is 2. The number of anilines is 1. The highest BCUT2D eigenvalue weighted by Crippen LogP contribution is 2.22. The third-order valence-corrected chi connectivity index (χ3v) is 3.86. The maximum Gasteiger partial charge on any atom is 0.261 e. The van der Waals surface area contributed by atoms with Gasteiger partial charge < -0.3 is 19.5 Å². The molecule has 0 spiro atoms. The van der Waals surface area contributed by atoms with Crippen LogP contribution in [0.4, 0.5) is 5.69 Å². The van der Waals surface area contributed by atoms with Crippen molar-refractivity contribution in [3.8, 4) is 17.2 Å². The molecule has 0 aliphatic carbocycles. The number of ether oxygens (including phenoxy) is 1. The molecule has 0 radical (unpaired) electrons. The Morgan fingerprint density at radius 3 is 2.73 bits per heavy atom. The molecule has 3 aromatic rings. The van der Waals surface area contributed by atoms with Crippen molar-refractivity contribution in [1.82, 2.24) is 4.98 Å². The van der Waals surface area contributed by atoms with E-state index in [4.69, 9.17) is 9.15 Å². The van der Waals surface area contributed by atoms with E-state index in [0.717, 1.165) is 17.7 Å². The Labute approximate surface area is 150 Å². The molecular weight excluding hydrogens is 332 g/mol. The van der Waals surface area contributed by atoms with Gasteiger partial charge in [-0.25, -0.2) is 0 Å². The zero-order valence-electron chi connectivity index (χ0n) is 14.7. The Bertz CT molecular complexity index is 958. The van der Waals surface area contributed by atoms with Gasteiger partial charge in [-0.1, -0.05) is 6.92 Å². The topological polar surface area (TPSA) is 84.3 Å². The molecular formula is C20H20N2O4. The van der Waals surface area contributed by atoms with Crippen LogP contribution >= 0.6 is 0 Å². The number of carbonyl (C=O) groups is 1. The smallest absolute Gasteiger partial charge is 0.261 e. The quantitative estimate of drug-likeness (QED) is 0.703. The molecule has 0 bridgehead atoms. The van der Waals surface area contributed by atoms with Gasteiger partial charge in [-0.3, -0.25) is 9.59 Å². The van der Waals surface area contributed by atoms with Crippen LogP contribution in [0, 0.1) is 6.92 Å². The normalized spacial score (nSPS) is 10.5. The van der Waals surface area contributed by atoms with Gasteiger partial charge in [0, 0.05) is 5.69 Å². The van der Waals surface area contributed by atoms with Crippen LogP contribution in [-0.2, 0) is 0 Å². The van der Waals surface area contributed by atoms with Crippen molar-refractivity contribution in [2.45, 2.75) is 20.3 Å². The second-order valence-electron chi connectivity index (χ2n) is 5.87. The number of amides is 1. The Kier molecular flexibility index (Phi) is 5.22. The van der Waals surface area contributed by atoms with Crippen molar-refractivity contribution in [1.29, 1.82) is 0 Å². The summed E-state index contributed by atoms with van der Waals surface area (Å²) in [5.41, 5.74) is 1.57. The number of rotatable bonds is 6. The molecule has 2 heterocycles. The molecule has 0 aliphatic heterocycles. The fourth-order valence-corrected chi connectivity index (χ4v) is 2.50. The number of nitrogens with one attached hydrogen (secondary N) is 2. The van der Waals surface area contributed by atoms with Gasteiger partial charge in [-0.2, -0.15) is 0 Å². The van der Waals surface area contributed by atoms with E-state index < -0.39 is 11.5 Å². The predicted octanol–water partition coefficient (Wildman–Crippen LogP) is 3.98. The highest BCUT2D eigenvalue weighted by Gasteiger charge is 2.14. The van der Waals surface area contributed by atoms with Crippen LogP contribution in [-0.4, -0.2) is 17.5 Å². The van der Waals surface area contributed by atoms with E-state index in [1.807, 2.05) is 19.9 Å². The minimum atomic E-state index is -0.475. The Hall–Kier alpha value is -3.28. The van der Waals surface area contributed by atoms with Gasteiger partial charge in [0.1, 0.15) is 17.1 Å². The first-order valence-electron chi connectivity index (χ1n) is 8.40. The first kappa shape index (κ1) is 17.5. The van der Waals surface area contributed by atoms with Crippen LogP contribution in [0.3, 0.4) is 0 Å². The lowest BCUT2D eigenvalue weighted by Gasteiger charge is -2.11. The number of aryl methyl sites for hydroxylation is 1. The number of carbonyl (C=O) groups excluding carboxylic acids is 1. The van der Waals surface area contributed by atoms with Crippen LogP contribution in [0.1, 0.15) is 29.3 Å². The largest absolute Gasteiger partial charge is 0.494 e. The number of aromatic nitrogens is 1.